The highest BCUT2D eigenvalue weighted by molar-refractivity contribution is 5.92. The molecule has 0 atom stereocenters. The number of hydrogen-bond acceptors (Lipinski definition) is 3. The molecule has 1 heterocycles. The third-order valence-electron chi connectivity index (χ3n) is 3.20. The maximum absolute atomic E-state index is 11.6. The Morgan fingerprint density at radius 2 is 1.94 bits per heavy atom. The van der Waals surface area contributed by atoms with Crippen LogP contribution in [0.3, 0.4) is 0 Å². The van der Waals surface area contributed by atoms with E-state index < -0.39 is 5.97 Å². The topological polar surface area (TPSA) is 66.8 Å². The van der Waals surface area contributed by atoms with E-state index in [9.17, 15) is 9.59 Å². The van der Waals surface area contributed by atoms with Crippen molar-refractivity contribution in [2.45, 2.75) is 18.4 Å². The molecule has 5 heteroatoms. The molecule has 0 unspecified atom stereocenters. The molecule has 0 bridgehead atoms. The highest BCUT2D eigenvalue weighted by Gasteiger charge is 2.54. The molecule has 1 spiro atoms. The lowest BCUT2D eigenvalue weighted by atomic mass is 10.2. The lowest BCUT2D eigenvalue weighted by Gasteiger charge is -2.12. The summed E-state index contributed by atoms with van der Waals surface area (Å²) in [6, 6.07) is 6.24. The van der Waals surface area contributed by atoms with Crippen LogP contribution in [0.1, 0.15) is 23.2 Å². The van der Waals surface area contributed by atoms with Gasteiger partial charge in [-0.1, -0.05) is 0 Å². The number of carbonyl (C=O) groups excluding carboxylic acids is 1. The van der Waals surface area contributed by atoms with E-state index in [0.29, 0.717) is 12.2 Å². The average molecular weight is 233 g/mol. The molecule has 1 aliphatic carbocycles. The predicted octanol–water partition coefficient (Wildman–Crippen LogP) is 1.87. The van der Waals surface area contributed by atoms with E-state index in [0.717, 1.165) is 12.8 Å². The van der Waals surface area contributed by atoms with Gasteiger partial charge >= 0.3 is 12.1 Å². The van der Waals surface area contributed by atoms with Gasteiger partial charge in [-0.2, -0.15) is 0 Å². The summed E-state index contributed by atoms with van der Waals surface area (Å²) in [4.78, 5) is 23.9. The van der Waals surface area contributed by atoms with Gasteiger partial charge in [-0.25, -0.2) is 9.59 Å². The van der Waals surface area contributed by atoms with E-state index in [-0.39, 0.29) is 17.3 Å². The number of anilines is 1. The summed E-state index contributed by atoms with van der Waals surface area (Å²) in [5.74, 6) is -0.973. The number of carboxylic acids is 1. The Labute approximate surface area is 97.6 Å². The van der Waals surface area contributed by atoms with E-state index in [2.05, 4.69) is 0 Å². The summed E-state index contributed by atoms with van der Waals surface area (Å²) in [5.41, 5.74) is 0.633. The molecule has 0 radical (unpaired) electrons. The molecule has 17 heavy (non-hydrogen) atoms. The minimum atomic E-state index is -0.973. The third-order valence-corrected chi connectivity index (χ3v) is 3.20. The zero-order valence-electron chi connectivity index (χ0n) is 9.05. The molecule has 88 valence electrons. The highest BCUT2D eigenvalue weighted by Crippen LogP contribution is 2.45. The van der Waals surface area contributed by atoms with Gasteiger partial charge in [0, 0.05) is 5.69 Å². The maximum atomic E-state index is 11.6. The Morgan fingerprint density at radius 1 is 1.29 bits per heavy atom. The third kappa shape index (κ3) is 1.63. The molecular formula is C12H11NO4. The molecule has 1 N–H and O–H groups in total. The summed E-state index contributed by atoms with van der Waals surface area (Å²) in [6.07, 6.45) is 1.50. The SMILES string of the molecule is O=C(O)c1ccc(N2CC3(CC3)OC2=O)cc1. The van der Waals surface area contributed by atoms with Crippen molar-refractivity contribution in [3.8, 4) is 0 Å². The molecule has 1 amide bonds. The van der Waals surface area contributed by atoms with Crippen molar-refractivity contribution in [2.75, 3.05) is 11.4 Å². The number of benzene rings is 1. The van der Waals surface area contributed by atoms with Gasteiger partial charge in [-0.15, -0.1) is 0 Å². The lowest BCUT2D eigenvalue weighted by Crippen LogP contribution is -2.24. The molecule has 1 saturated heterocycles. The summed E-state index contributed by atoms with van der Waals surface area (Å²) in [6.45, 7) is 0.568. The minimum Gasteiger partial charge on any atom is -0.478 e. The van der Waals surface area contributed by atoms with E-state index in [4.69, 9.17) is 9.84 Å². The van der Waals surface area contributed by atoms with E-state index in [1.807, 2.05) is 0 Å². The number of hydrogen-bond donors (Lipinski definition) is 1. The molecule has 0 aromatic heterocycles. The first-order chi connectivity index (χ1) is 8.10. The smallest absolute Gasteiger partial charge is 0.415 e. The number of amides is 1. The quantitative estimate of drug-likeness (QED) is 0.846. The van der Waals surface area contributed by atoms with Gasteiger partial charge in [-0.05, 0) is 37.1 Å². The second-order valence-corrected chi connectivity index (χ2v) is 4.49. The van der Waals surface area contributed by atoms with Crippen LogP contribution in [0.2, 0.25) is 0 Å². The van der Waals surface area contributed by atoms with Crippen molar-refractivity contribution in [1.82, 2.24) is 0 Å². The lowest BCUT2D eigenvalue weighted by molar-refractivity contribution is 0.0697. The Bertz CT molecular complexity index is 490. The van der Waals surface area contributed by atoms with Gasteiger partial charge in [-0.3, -0.25) is 4.90 Å². The second-order valence-electron chi connectivity index (χ2n) is 4.49. The first kappa shape index (κ1) is 10.1. The van der Waals surface area contributed by atoms with Gasteiger partial charge in [0.15, 0.2) is 0 Å². The molecule has 5 nitrogen and oxygen atoms in total. The Morgan fingerprint density at radius 3 is 2.41 bits per heavy atom. The second kappa shape index (κ2) is 3.23. The van der Waals surface area contributed by atoms with Crippen LogP contribution in [0.4, 0.5) is 10.5 Å². The molecule has 1 aromatic carbocycles. The van der Waals surface area contributed by atoms with Gasteiger partial charge in [0.1, 0.15) is 5.60 Å². The number of nitrogens with zero attached hydrogens (tertiary/aromatic N) is 1. The molecule has 1 aromatic rings. The fraction of sp³-hybridized carbons (Fsp3) is 0.333. The van der Waals surface area contributed by atoms with Crippen molar-refractivity contribution in [3.05, 3.63) is 29.8 Å². The average Bonchev–Trinajstić information content (AvgIpc) is 2.97. The predicted molar refractivity (Wildman–Crippen MR) is 59.2 cm³/mol. The van der Waals surface area contributed by atoms with Crippen LogP contribution < -0.4 is 4.90 Å². The monoisotopic (exact) mass is 233 g/mol. The number of ether oxygens (including phenoxy) is 1. The molecule has 2 aliphatic rings. The Hall–Kier alpha value is -2.04. The van der Waals surface area contributed by atoms with Gasteiger partial charge in [0.2, 0.25) is 0 Å². The van der Waals surface area contributed by atoms with Crippen molar-refractivity contribution in [3.63, 3.8) is 0 Å². The van der Waals surface area contributed by atoms with Crippen LogP contribution in [0.15, 0.2) is 24.3 Å². The van der Waals surface area contributed by atoms with Crippen LogP contribution in [-0.2, 0) is 4.74 Å². The molecule has 1 saturated carbocycles. The van der Waals surface area contributed by atoms with E-state index in [1.54, 1.807) is 17.0 Å². The maximum Gasteiger partial charge on any atom is 0.415 e. The van der Waals surface area contributed by atoms with Crippen molar-refractivity contribution in [2.24, 2.45) is 0 Å². The van der Waals surface area contributed by atoms with Crippen LogP contribution in [0.5, 0.6) is 0 Å². The Kier molecular flexibility index (Phi) is 1.92. The first-order valence-electron chi connectivity index (χ1n) is 5.44. The minimum absolute atomic E-state index is 0.211. The highest BCUT2D eigenvalue weighted by atomic mass is 16.6. The number of carbonyl (C=O) groups is 2. The van der Waals surface area contributed by atoms with Crippen molar-refractivity contribution < 1.29 is 19.4 Å². The van der Waals surface area contributed by atoms with Crippen LogP contribution >= 0.6 is 0 Å². The first-order valence-corrected chi connectivity index (χ1v) is 5.44. The zero-order chi connectivity index (χ0) is 12.0. The summed E-state index contributed by atoms with van der Waals surface area (Å²) < 4.78 is 5.28. The normalized spacial score (nSPS) is 20.5. The molecule has 1 aliphatic heterocycles. The van der Waals surface area contributed by atoms with E-state index in [1.165, 1.54) is 12.1 Å². The zero-order valence-corrected chi connectivity index (χ0v) is 9.05. The summed E-state index contributed by atoms with van der Waals surface area (Å²) in [7, 11) is 0. The fourth-order valence-electron chi connectivity index (χ4n) is 2.01. The van der Waals surface area contributed by atoms with Gasteiger partial charge < -0.3 is 9.84 Å². The van der Waals surface area contributed by atoms with Crippen LogP contribution in [-0.4, -0.2) is 29.3 Å². The van der Waals surface area contributed by atoms with E-state index >= 15 is 0 Å². The van der Waals surface area contributed by atoms with Crippen molar-refractivity contribution >= 4 is 17.7 Å². The number of carboxylic acid groups (broad SMARTS) is 1. The fourth-order valence-corrected chi connectivity index (χ4v) is 2.01. The Balaban J connectivity index is 1.84. The standard InChI is InChI=1S/C12H11NO4/c14-10(15)8-1-3-9(4-2-8)13-7-12(5-6-12)17-11(13)16/h1-4H,5-7H2,(H,14,15). The summed E-state index contributed by atoms with van der Waals surface area (Å²) >= 11 is 0. The van der Waals surface area contributed by atoms with Gasteiger partial charge in [0.25, 0.3) is 0 Å². The van der Waals surface area contributed by atoms with Crippen LogP contribution in [0.25, 0.3) is 0 Å². The largest absolute Gasteiger partial charge is 0.478 e. The number of aromatic carboxylic acids is 1. The van der Waals surface area contributed by atoms with Crippen molar-refractivity contribution in [1.29, 1.82) is 0 Å². The van der Waals surface area contributed by atoms with Crippen LogP contribution in [0, 0.1) is 0 Å². The molecule has 3 rings (SSSR count). The molecule has 2 fully saturated rings. The number of rotatable bonds is 2. The van der Waals surface area contributed by atoms with Gasteiger partial charge in [0.05, 0.1) is 12.1 Å². The summed E-state index contributed by atoms with van der Waals surface area (Å²) in [5, 5.41) is 8.78. The molecular weight excluding hydrogens is 222 g/mol.